The number of hydrogen-bond acceptors (Lipinski definition) is 6. The Bertz CT molecular complexity index is 1580. The number of carbonyl (C=O) groups excluding carboxylic acids is 2. The van der Waals surface area contributed by atoms with Crippen molar-refractivity contribution in [3.05, 3.63) is 47.0 Å². The van der Waals surface area contributed by atoms with E-state index < -0.39 is 22.9 Å². The first-order valence-electron chi connectivity index (χ1n) is 20.3. The van der Waals surface area contributed by atoms with Crippen molar-refractivity contribution >= 4 is 17.7 Å². The lowest BCUT2D eigenvalue weighted by Gasteiger charge is -2.72. The fourth-order valence-electron chi connectivity index (χ4n) is 13.5. The minimum Gasteiger partial charge on any atom is -0.481 e. The molecule has 6 rings (SSSR count). The van der Waals surface area contributed by atoms with Crippen molar-refractivity contribution < 1.29 is 29.3 Å². The number of aliphatic hydroxyl groups is 1. The maximum atomic E-state index is 14.0. The van der Waals surface area contributed by atoms with Crippen LogP contribution >= 0.6 is 0 Å². The third kappa shape index (κ3) is 6.31. The normalized spacial score (nSPS) is 37.5. The second-order valence-electron chi connectivity index (χ2n) is 20.2. The van der Waals surface area contributed by atoms with Gasteiger partial charge in [0, 0.05) is 30.3 Å². The van der Waals surface area contributed by atoms with Crippen LogP contribution in [0.25, 0.3) is 0 Å². The van der Waals surface area contributed by atoms with E-state index in [1.54, 1.807) is 0 Å². The Morgan fingerprint density at radius 2 is 1.60 bits per heavy atom. The molecule has 288 valence electrons. The number of hydrogen-bond donors (Lipinski definition) is 3. The van der Waals surface area contributed by atoms with E-state index in [1.165, 1.54) is 11.1 Å². The van der Waals surface area contributed by atoms with Crippen LogP contribution in [-0.4, -0.2) is 46.7 Å². The molecule has 0 aromatic heterocycles. The molecule has 0 radical (unpaired) electrons. The number of aliphatic hydroxyl groups excluding tert-OH is 1. The molecule has 5 aliphatic rings. The molecule has 9 atom stereocenters. The zero-order valence-corrected chi connectivity index (χ0v) is 33.6. The molecular weight excluding hydrogens is 650 g/mol. The molecule has 0 bridgehead atoms. The van der Waals surface area contributed by atoms with Gasteiger partial charge in [0.15, 0.2) is 5.78 Å². The van der Waals surface area contributed by atoms with E-state index >= 15 is 0 Å². The number of carbonyl (C=O) groups is 3. The Labute approximate surface area is 313 Å². The number of benzene rings is 1. The summed E-state index contributed by atoms with van der Waals surface area (Å²) in [6.45, 7) is 21.4. The second-order valence-corrected chi connectivity index (χ2v) is 20.2. The number of allylic oxidation sites excluding steroid dienone is 1. The van der Waals surface area contributed by atoms with E-state index in [2.05, 4.69) is 65.9 Å². The summed E-state index contributed by atoms with van der Waals surface area (Å²) in [6.07, 6.45) is 7.66. The van der Waals surface area contributed by atoms with Crippen molar-refractivity contribution in [3.63, 3.8) is 0 Å². The summed E-state index contributed by atoms with van der Waals surface area (Å²) >= 11 is 0. The third-order valence-electron chi connectivity index (χ3n) is 16.1. The van der Waals surface area contributed by atoms with Crippen LogP contribution in [0, 0.1) is 56.2 Å². The number of carboxylic acid groups (broad SMARTS) is 1. The maximum Gasteiger partial charge on any atom is 0.306 e. The van der Waals surface area contributed by atoms with E-state index in [1.807, 2.05) is 32.0 Å². The molecule has 0 heterocycles. The zero-order valence-electron chi connectivity index (χ0n) is 33.6. The average molecular weight is 718 g/mol. The summed E-state index contributed by atoms with van der Waals surface area (Å²) in [5.74, 6) is 0.377. The van der Waals surface area contributed by atoms with E-state index in [9.17, 15) is 24.6 Å². The van der Waals surface area contributed by atoms with Gasteiger partial charge in [0.2, 0.25) is 0 Å². The molecule has 7 heteroatoms. The quantitative estimate of drug-likeness (QED) is 0.196. The van der Waals surface area contributed by atoms with E-state index in [0.717, 1.165) is 56.9 Å². The van der Waals surface area contributed by atoms with Gasteiger partial charge in [0.05, 0.1) is 18.9 Å². The van der Waals surface area contributed by atoms with Crippen LogP contribution in [0.15, 0.2) is 41.5 Å². The van der Waals surface area contributed by atoms with Gasteiger partial charge in [-0.3, -0.25) is 14.4 Å². The van der Waals surface area contributed by atoms with Gasteiger partial charge in [-0.1, -0.05) is 98.2 Å². The van der Waals surface area contributed by atoms with E-state index in [-0.39, 0.29) is 64.2 Å². The van der Waals surface area contributed by atoms with Crippen molar-refractivity contribution in [2.75, 3.05) is 6.54 Å². The summed E-state index contributed by atoms with van der Waals surface area (Å²) < 4.78 is 6.26. The Kier molecular flexibility index (Phi) is 10.3. The topological polar surface area (TPSA) is 113 Å². The monoisotopic (exact) mass is 717 g/mol. The molecule has 0 aliphatic heterocycles. The van der Waals surface area contributed by atoms with Gasteiger partial charge >= 0.3 is 11.9 Å². The number of fused-ring (bicyclic) bond motifs is 7. The molecule has 1 aromatic rings. The number of ketones is 1. The fraction of sp³-hybridized carbons (Fsp3) is 0.756. The average Bonchev–Trinajstić information content (AvgIpc) is 3.35. The highest BCUT2D eigenvalue weighted by molar-refractivity contribution is 6.00. The number of carboxylic acids is 1. The Morgan fingerprint density at radius 3 is 2.25 bits per heavy atom. The first kappa shape index (κ1) is 39.2. The first-order valence-corrected chi connectivity index (χ1v) is 20.3. The second kappa shape index (κ2) is 13.7. The summed E-state index contributed by atoms with van der Waals surface area (Å²) in [7, 11) is 0. The Morgan fingerprint density at radius 1 is 0.904 bits per heavy atom. The van der Waals surface area contributed by atoms with Gasteiger partial charge in [-0.2, -0.15) is 0 Å². The van der Waals surface area contributed by atoms with Crippen LogP contribution in [0.1, 0.15) is 139 Å². The predicted octanol–water partition coefficient (Wildman–Crippen LogP) is 8.92. The molecular formula is C45H67NO6. The molecule has 0 unspecified atom stereocenters. The van der Waals surface area contributed by atoms with Crippen molar-refractivity contribution in [2.24, 2.45) is 56.2 Å². The van der Waals surface area contributed by atoms with Gasteiger partial charge in [0.1, 0.15) is 6.10 Å². The zero-order chi connectivity index (χ0) is 38.1. The highest BCUT2D eigenvalue weighted by Crippen LogP contribution is 2.77. The molecule has 1 aromatic carbocycles. The third-order valence-corrected chi connectivity index (χ3v) is 16.1. The highest BCUT2D eigenvalue weighted by Gasteiger charge is 2.70. The van der Waals surface area contributed by atoms with Gasteiger partial charge in [0.25, 0.3) is 0 Å². The van der Waals surface area contributed by atoms with Crippen molar-refractivity contribution in [1.82, 2.24) is 5.32 Å². The first-order chi connectivity index (χ1) is 24.2. The van der Waals surface area contributed by atoms with Gasteiger partial charge in [-0.05, 0) is 108 Å². The smallest absolute Gasteiger partial charge is 0.306 e. The SMILES string of the molecule is CC(C)C1=C2[C@H]3CC[C@@H]4[C@@]5(C)CC[C@H](OC(=O)CC(C)(C)CC(=O)O)C(C)(C)[C@@H]5CC[C@@]4(C)[C@]3(C)CC[C@@]2([C@@H](O)CNCc2ccccc2)CC1=O. The number of ether oxygens (including phenoxy) is 1. The van der Waals surface area contributed by atoms with E-state index in [4.69, 9.17) is 4.74 Å². The number of Topliss-reactive ketones (excluding diaryl/α,β-unsaturated/α-hetero) is 1. The molecule has 52 heavy (non-hydrogen) atoms. The van der Waals surface area contributed by atoms with Crippen molar-refractivity contribution in [2.45, 2.75) is 152 Å². The molecule has 0 spiro atoms. The number of esters is 1. The highest BCUT2D eigenvalue weighted by atomic mass is 16.5. The van der Waals surface area contributed by atoms with Crippen LogP contribution in [-0.2, 0) is 25.7 Å². The molecule has 0 amide bonds. The van der Waals surface area contributed by atoms with Crippen LogP contribution in [0.4, 0.5) is 0 Å². The molecule has 0 saturated heterocycles. The molecule has 4 saturated carbocycles. The lowest BCUT2D eigenvalue weighted by molar-refractivity contribution is -0.235. The standard InChI is InChI=1S/C45H67NO6/c1-28(2)38-31(47)23-45(34(48)27-46-26-29-13-11-10-12-14-29)22-21-43(8)30(39(38)45)15-16-33-42(7)19-18-35(41(5,6)32(42)17-20-44(33,43)9)52-37(51)25-40(3,4)24-36(49)50/h10-14,28,30,32-35,46,48H,15-27H2,1-9H3,(H,49,50)/t30-,32+,33-,34+,35+,42+,43-,44-,45+/m1/s1. The lowest BCUT2D eigenvalue weighted by atomic mass is 9.33. The number of aliphatic carboxylic acids is 1. The van der Waals surface area contributed by atoms with Gasteiger partial charge in [-0.25, -0.2) is 0 Å². The Balaban J connectivity index is 1.25. The molecule has 7 nitrogen and oxygen atoms in total. The summed E-state index contributed by atoms with van der Waals surface area (Å²) in [6, 6.07) is 10.3. The van der Waals surface area contributed by atoms with Gasteiger partial charge in [-0.15, -0.1) is 0 Å². The summed E-state index contributed by atoms with van der Waals surface area (Å²) in [5, 5.41) is 25.0. The summed E-state index contributed by atoms with van der Waals surface area (Å²) in [4.78, 5) is 38.6. The van der Waals surface area contributed by atoms with Crippen LogP contribution < -0.4 is 5.32 Å². The largest absolute Gasteiger partial charge is 0.481 e. The van der Waals surface area contributed by atoms with Crippen LogP contribution in [0.2, 0.25) is 0 Å². The van der Waals surface area contributed by atoms with Crippen molar-refractivity contribution in [3.8, 4) is 0 Å². The van der Waals surface area contributed by atoms with Crippen molar-refractivity contribution in [1.29, 1.82) is 0 Å². The Hall–Kier alpha value is -2.51. The summed E-state index contributed by atoms with van der Waals surface area (Å²) in [5.41, 5.74) is 2.32. The van der Waals surface area contributed by atoms with E-state index in [0.29, 0.717) is 31.3 Å². The fourth-order valence-corrected chi connectivity index (χ4v) is 13.5. The molecule has 5 aliphatic carbocycles. The number of nitrogens with one attached hydrogen (secondary N) is 1. The predicted molar refractivity (Wildman–Crippen MR) is 204 cm³/mol. The molecule has 4 fully saturated rings. The minimum atomic E-state index is -0.896. The minimum absolute atomic E-state index is 0.00780. The van der Waals surface area contributed by atoms with Gasteiger partial charge < -0.3 is 20.3 Å². The maximum absolute atomic E-state index is 14.0. The number of rotatable bonds is 11. The van der Waals surface area contributed by atoms with Crippen LogP contribution in [0.5, 0.6) is 0 Å². The lowest BCUT2D eigenvalue weighted by Crippen LogP contribution is -2.66. The molecule has 3 N–H and O–H groups in total. The van der Waals surface area contributed by atoms with Crippen LogP contribution in [0.3, 0.4) is 0 Å².